The van der Waals surface area contributed by atoms with E-state index in [1.807, 2.05) is 0 Å². The Morgan fingerprint density at radius 2 is 0.808 bits per heavy atom. The molecule has 0 rings (SSSR count). The molecule has 0 fully saturated rings. The maximum Gasteiger partial charge on any atom is 0.0105 e. The predicted molar refractivity (Wildman–Crippen MR) is 128 cm³/mol. The Bertz CT molecular complexity index is 330. The molecule has 0 amide bonds. The van der Waals surface area contributed by atoms with Crippen LogP contribution in [-0.4, -0.2) is 64.0 Å². The van der Waals surface area contributed by atoms with Crippen molar-refractivity contribution in [3.05, 3.63) is 0 Å². The van der Waals surface area contributed by atoms with Crippen LogP contribution in [0.2, 0.25) is 0 Å². The molecule has 4 heteroatoms. The second-order valence-electron chi connectivity index (χ2n) is 11.6. The van der Waals surface area contributed by atoms with E-state index in [9.17, 15) is 0 Å². The van der Waals surface area contributed by atoms with Crippen LogP contribution in [-0.2, 0) is 0 Å². The van der Waals surface area contributed by atoms with E-state index in [0.717, 1.165) is 13.1 Å². The lowest BCUT2D eigenvalue weighted by Gasteiger charge is -2.44. The zero-order valence-electron chi connectivity index (χ0n) is 20.2. The first kappa shape index (κ1) is 26.8. The van der Waals surface area contributed by atoms with E-state index < -0.39 is 0 Å². The molecule has 26 heavy (non-hydrogen) atoms. The van der Waals surface area contributed by atoms with Crippen molar-refractivity contribution in [2.24, 2.45) is 5.73 Å². The molecule has 0 unspecified atom stereocenters. The first-order valence-corrected chi connectivity index (χ1v) is 13.4. The monoisotopic (exact) mass is 404 g/mol. The summed E-state index contributed by atoms with van der Waals surface area (Å²) in [6.45, 7) is 33.3. The highest BCUT2D eigenvalue weighted by Gasteiger charge is 2.35. The van der Waals surface area contributed by atoms with E-state index in [0.29, 0.717) is 20.6 Å². The fourth-order valence-electron chi connectivity index (χ4n) is 4.35. The van der Waals surface area contributed by atoms with Gasteiger partial charge in [-0.1, -0.05) is 98.9 Å². The lowest BCUT2D eigenvalue weighted by molar-refractivity contribution is 0.314. The van der Waals surface area contributed by atoms with Gasteiger partial charge in [0.25, 0.3) is 0 Å². The van der Waals surface area contributed by atoms with Crippen LogP contribution < -0.4 is 5.73 Å². The topological polar surface area (TPSA) is 29.3 Å². The van der Waals surface area contributed by atoms with Crippen molar-refractivity contribution < 1.29 is 0 Å². The van der Waals surface area contributed by atoms with Crippen LogP contribution in [0.1, 0.15) is 83.1 Å². The molecule has 0 atom stereocenters. The summed E-state index contributed by atoms with van der Waals surface area (Å²) in [5.74, 6) is 0. The van der Waals surface area contributed by atoms with Gasteiger partial charge in [0.05, 0.1) is 0 Å². The summed E-state index contributed by atoms with van der Waals surface area (Å²) >= 11 is 0. The highest BCUT2D eigenvalue weighted by molar-refractivity contribution is 7.61. The highest BCUT2D eigenvalue weighted by atomic mass is 31.1. The van der Waals surface area contributed by atoms with Crippen LogP contribution in [0.25, 0.3) is 0 Å². The van der Waals surface area contributed by atoms with E-state index in [4.69, 9.17) is 5.73 Å². The molecule has 0 radical (unpaired) electrons. The minimum absolute atomic E-state index is 0.0344. The molecule has 0 aromatic rings. The number of nitrogens with two attached hydrogens (primary N) is 1. The fraction of sp³-hybridized carbons (Fsp3) is 1.00. The summed E-state index contributed by atoms with van der Waals surface area (Å²) < 4.78 is 0. The molecule has 0 heterocycles. The van der Waals surface area contributed by atoms with Crippen LogP contribution in [0.5, 0.6) is 0 Å². The van der Waals surface area contributed by atoms with Crippen LogP contribution in [0, 0.1) is 0 Å². The van der Waals surface area contributed by atoms with E-state index in [2.05, 4.69) is 88.0 Å². The third-order valence-corrected chi connectivity index (χ3v) is 12.7. The second-order valence-corrected chi connectivity index (χ2v) is 19.6. The van der Waals surface area contributed by atoms with Gasteiger partial charge in [-0.2, -0.15) is 0 Å². The second kappa shape index (κ2) is 10.0. The molecular weight excluding hydrogens is 354 g/mol. The third-order valence-electron chi connectivity index (χ3n) is 4.96. The number of hydrogen-bond donors (Lipinski definition) is 1. The van der Waals surface area contributed by atoms with Gasteiger partial charge in [-0.25, -0.2) is 0 Å². The molecule has 0 bridgehead atoms. The van der Waals surface area contributed by atoms with E-state index >= 15 is 0 Å². The molecule has 2 nitrogen and oxygen atoms in total. The third kappa shape index (κ3) is 9.82. The molecule has 0 spiro atoms. The highest BCUT2D eigenvalue weighted by Crippen LogP contribution is 2.60. The maximum atomic E-state index is 5.95. The standard InChI is InChI=1S/C22H50N2P2/c1-19(2,3)25(20(4,5)6)17-15-24(14-13-23)16-18-26(21(7,8)9)22(10,11)12/h13-18,23H2,1-12H3. The van der Waals surface area contributed by atoms with Crippen LogP contribution in [0.15, 0.2) is 0 Å². The molecule has 0 aromatic carbocycles. The smallest absolute Gasteiger partial charge is 0.0105 e. The summed E-state index contributed by atoms with van der Waals surface area (Å²) in [7, 11) is -0.0688. The molecule has 158 valence electrons. The van der Waals surface area contributed by atoms with Crippen molar-refractivity contribution >= 4 is 15.8 Å². The Hall–Kier alpha value is 0.780. The average Bonchev–Trinajstić information content (AvgIpc) is 2.32. The first-order chi connectivity index (χ1) is 11.4. The molecule has 0 saturated carbocycles. The van der Waals surface area contributed by atoms with Crippen molar-refractivity contribution in [1.29, 1.82) is 0 Å². The normalized spacial score (nSPS) is 14.8. The Morgan fingerprint density at radius 1 is 0.538 bits per heavy atom. The van der Waals surface area contributed by atoms with Gasteiger partial charge in [-0.15, -0.1) is 0 Å². The lowest BCUT2D eigenvalue weighted by Crippen LogP contribution is -2.38. The Balaban J connectivity index is 5.04. The number of nitrogens with zero attached hydrogens (tertiary/aromatic N) is 1. The number of hydrogen-bond acceptors (Lipinski definition) is 2. The van der Waals surface area contributed by atoms with E-state index in [-0.39, 0.29) is 15.8 Å². The molecule has 2 N–H and O–H groups in total. The van der Waals surface area contributed by atoms with Gasteiger partial charge in [0, 0.05) is 26.2 Å². The maximum absolute atomic E-state index is 5.95. The summed E-state index contributed by atoms with van der Waals surface area (Å²) in [5, 5.41) is 1.63. The molecule has 0 aliphatic carbocycles. The molecule has 0 aliphatic rings. The van der Waals surface area contributed by atoms with Crippen molar-refractivity contribution in [1.82, 2.24) is 4.90 Å². The van der Waals surface area contributed by atoms with Gasteiger partial charge < -0.3 is 10.6 Å². The van der Waals surface area contributed by atoms with Crippen LogP contribution >= 0.6 is 15.8 Å². The van der Waals surface area contributed by atoms with Crippen molar-refractivity contribution in [3.63, 3.8) is 0 Å². The molecule has 0 aliphatic heterocycles. The lowest BCUT2D eigenvalue weighted by atomic mass is 10.2. The van der Waals surface area contributed by atoms with Gasteiger partial charge in [-0.05, 0) is 32.9 Å². The SMILES string of the molecule is CC(C)(C)P(CCN(CCN)CCP(C(C)(C)C)C(C)(C)C)C(C)(C)C. The minimum Gasteiger partial charge on any atom is -0.329 e. The molecule has 0 aromatic heterocycles. The van der Waals surface area contributed by atoms with Gasteiger partial charge in [0.15, 0.2) is 0 Å². The first-order valence-electron chi connectivity index (χ1n) is 10.4. The Morgan fingerprint density at radius 3 is 1.00 bits per heavy atom. The zero-order valence-corrected chi connectivity index (χ0v) is 22.0. The van der Waals surface area contributed by atoms with E-state index in [1.54, 1.807) is 0 Å². The Labute approximate surface area is 169 Å². The summed E-state index contributed by atoms with van der Waals surface area (Å²) in [5.41, 5.74) is 5.95. The summed E-state index contributed by atoms with van der Waals surface area (Å²) in [6.07, 6.45) is 2.65. The van der Waals surface area contributed by atoms with Gasteiger partial charge in [0.1, 0.15) is 0 Å². The minimum atomic E-state index is -0.0344. The van der Waals surface area contributed by atoms with Gasteiger partial charge >= 0.3 is 0 Å². The quantitative estimate of drug-likeness (QED) is 0.474. The fourth-order valence-corrected chi connectivity index (χ4v) is 12.0. The van der Waals surface area contributed by atoms with Crippen LogP contribution in [0.4, 0.5) is 0 Å². The predicted octanol–water partition coefficient (Wildman–Crippen LogP) is 6.40. The molecule has 0 saturated heterocycles. The number of rotatable bonds is 8. The van der Waals surface area contributed by atoms with Crippen molar-refractivity contribution in [2.75, 3.05) is 38.5 Å². The zero-order chi connectivity index (χ0) is 21.0. The average molecular weight is 405 g/mol. The van der Waals surface area contributed by atoms with Crippen molar-refractivity contribution in [3.8, 4) is 0 Å². The summed E-state index contributed by atoms with van der Waals surface area (Å²) in [4.78, 5) is 2.65. The Kier molecular flexibility index (Phi) is 10.3. The van der Waals surface area contributed by atoms with Crippen molar-refractivity contribution in [2.45, 2.75) is 104 Å². The largest absolute Gasteiger partial charge is 0.329 e. The van der Waals surface area contributed by atoms with Gasteiger partial charge in [0.2, 0.25) is 0 Å². The summed E-state index contributed by atoms with van der Waals surface area (Å²) in [6, 6.07) is 0. The van der Waals surface area contributed by atoms with Crippen LogP contribution in [0.3, 0.4) is 0 Å². The van der Waals surface area contributed by atoms with Gasteiger partial charge in [-0.3, -0.25) is 0 Å². The molecular formula is C22H50N2P2. The van der Waals surface area contributed by atoms with E-state index in [1.165, 1.54) is 25.4 Å².